The lowest BCUT2D eigenvalue weighted by atomic mass is 10.2. The van der Waals surface area contributed by atoms with E-state index in [1.54, 1.807) is 11.0 Å². The van der Waals surface area contributed by atoms with Crippen molar-refractivity contribution in [3.05, 3.63) is 28.2 Å². The largest absolute Gasteiger partial charge is 0.378 e. The molecule has 1 amide bonds. The van der Waals surface area contributed by atoms with Gasteiger partial charge in [0.15, 0.2) is 0 Å². The van der Waals surface area contributed by atoms with Crippen LogP contribution in [0, 0.1) is 0 Å². The summed E-state index contributed by atoms with van der Waals surface area (Å²) in [6.07, 6.45) is 1.74. The van der Waals surface area contributed by atoms with Gasteiger partial charge < -0.3 is 9.64 Å². The SMILES string of the molecule is O=C(c1cc(S(=O)(=O)NC2CC2)ccc1Br)N1CCOCC1. The van der Waals surface area contributed by atoms with Gasteiger partial charge in [-0.15, -0.1) is 0 Å². The first kappa shape index (κ1) is 15.9. The summed E-state index contributed by atoms with van der Waals surface area (Å²) in [6, 6.07) is 4.58. The summed E-state index contributed by atoms with van der Waals surface area (Å²) in [4.78, 5) is 14.4. The molecule has 0 atom stereocenters. The highest BCUT2D eigenvalue weighted by atomic mass is 79.9. The first-order valence-electron chi connectivity index (χ1n) is 7.16. The molecule has 22 heavy (non-hydrogen) atoms. The standard InChI is InChI=1S/C14H17BrN2O4S/c15-13-4-3-11(22(19,20)16-10-1-2-10)9-12(13)14(18)17-5-7-21-8-6-17/h3-4,9-10,16H,1-2,5-8H2. The van der Waals surface area contributed by atoms with Gasteiger partial charge in [-0.25, -0.2) is 13.1 Å². The van der Waals surface area contributed by atoms with Gasteiger partial charge >= 0.3 is 0 Å². The van der Waals surface area contributed by atoms with Crippen LogP contribution in [0.15, 0.2) is 27.6 Å². The van der Waals surface area contributed by atoms with Crippen molar-refractivity contribution in [3.63, 3.8) is 0 Å². The molecule has 2 aliphatic rings. The number of hydrogen-bond donors (Lipinski definition) is 1. The molecule has 1 aromatic carbocycles. The Hall–Kier alpha value is -0.960. The van der Waals surface area contributed by atoms with E-state index in [2.05, 4.69) is 20.7 Å². The first-order chi connectivity index (χ1) is 10.5. The Morgan fingerprint density at radius 2 is 1.95 bits per heavy atom. The maximum Gasteiger partial charge on any atom is 0.255 e. The van der Waals surface area contributed by atoms with Gasteiger partial charge in [-0.05, 0) is 47.0 Å². The maximum absolute atomic E-state index is 12.6. The molecule has 0 bridgehead atoms. The van der Waals surface area contributed by atoms with Crippen LogP contribution < -0.4 is 4.72 Å². The van der Waals surface area contributed by atoms with Crippen molar-refractivity contribution in [3.8, 4) is 0 Å². The molecule has 3 rings (SSSR count). The third-order valence-corrected chi connectivity index (χ3v) is 5.89. The maximum atomic E-state index is 12.6. The number of amides is 1. The molecule has 1 aromatic rings. The van der Waals surface area contributed by atoms with Crippen molar-refractivity contribution >= 4 is 31.9 Å². The number of rotatable bonds is 4. The summed E-state index contributed by atoms with van der Waals surface area (Å²) in [7, 11) is -3.57. The Kier molecular flexibility index (Phi) is 4.54. The van der Waals surface area contributed by atoms with Gasteiger partial charge in [0, 0.05) is 23.6 Å². The van der Waals surface area contributed by atoms with Crippen molar-refractivity contribution < 1.29 is 17.9 Å². The Morgan fingerprint density at radius 1 is 1.27 bits per heavy atom. The number of morpholine rings is 1. The molecular weight excluding hydrogens is 372 g/mol. The Bertz CT molecular complexity index is 682. The quantitative estimate of drug-likeness (QED) is 0.844. The van der Waals surface area contributed by atoms with Crippen LogP contribution in [-0.4, -0.2) is 51.6 Å². The molecule has 1 saturated carbocycles. The van der Waals surface area contributed by atoms with E-state index in [9.17, 15) is 13.2 Å². The second-order valence-electron chi connectivity index (χ2n) is 5.44. The summed E-state index contributed by atoms with van der Waals surface area (Å²) in [5.41, 5.74) is 0.362. The van der Waals surface area contributed by atoms with Crippen LogP contribution in [0.25, 0.3) is 0 Å². The molecule has 1 aliphatic carbocycles. The Balaban J connectivity index is 1.87. The molecule has 2 fully saturated rings. The lowest BCUT2D eigenvalue weighted by Gasteiger charge is -2.27. The lowest BCUT2D eigenvalue weighted by Crippen LogP contribution is -2.40. The van der Waals surface area contributed by atoms with Gasteiger partial charge in [0.1, 0.15) is 0 Å². The van der Waals surface area contributed by atoms with Crippen molar-refractivity contribution in [1.82, 2.24) is 9.62 Å². The van der Waals surface area contributed by atoms with E-state index in [4.69, 9.17) is 4.74 Å². The zero-order valence-corrected chi connectivity index (χ0v) is 14.3. The molecule has 0 radical (unpaired) electrons. The normalized spacial score (nSPS) is 19.2. The van der Waals surface area contributed by atoms with E-state index < -0.39 is 10.0 Å². The number of halogens is 1. The number of carbonyl (C=O) groups excluding carboxylic acids is 1. The fourth-order valence-electron chi connectivity index (χ4n) is 2.26. The average Bonchev–Trinajstić information content (AvgIpc) is 3.31. The molecule has 1 aliphatic heterocycles. The number of nitrogens with zero attached hydrogens (tertiary/aromatic N) is 1. The van der Waals surface area contributed by atoms with Crippen LogP contribution in [0.1, 0.15) is 23.2 Å². The van der Waals surface area contributed by atoms with Crippen molar-refractivity contribution in [1.29, 1.82) is 0 Å². The van der Waals surface area contributed by atoms with E-state index in [0.29, 0.717) is 36.3 Å². The third-order valence-electron chi connectivity index (χ3n) is 3.68. The minimum atomic E-state index is -3.57. The summed E-state index contributed by atoms with van der Waals surface area (Å²) >= 11 is 3.33. The molecule has 0 unspecified atom stereocenters. The third kappa shape index (κ3) is 3.51. The van der Waals surface area contributed by atoms with E-state index in [0.717, 1.165) is 12.8 Å². The number of nitrogens with one attached hydrogen (secondary N) is 1. The number of benzene rings is 1. The van der Waals surface area contributed by atoms with Crippen molar-refractivity contribution in [2.45, 2.75) is 23.8 Å². The lowest BCUT2D eigenvalue weighted by molar-refractivity contribution is 0.0302. The summed E-state index contributed by atoms with van der Waals surface area (Å²) in [5, 5.41) is 0. The second kappa shape index (κ2) is 6.27. The van der Waals surface area contributed by atoms with Gasteiger partial charge in [0.2, 0.25) is 10.0 Å². The minimum absolute atomic E-state index is 0.0343. The van der Waals surface area contributed by atoms with Crippen LogP contribution in [-0.2, 0) is 14.8 Å². The fraction of sp³-hybridized carbons (Fsp3) is 0.500. The molecule has 1 N–H and O–H groups in total. The summed E-state index contributed by atoms with van der Waals surface area (Å²) in [5.74, 6) is -0.182. The van der Waals surface area contributed by atoms with Gasteiger partial charge in [0.05, 0.1) is 23.7 Å². The number of ether oxygens (including phenoxy) is 1. The van der Waals surface area contributed by atoms with Gasteiger partial charge in [-0.3, -0.25) is 4.79 Å². The topological polar surface area (TPSA) is 75.7 Å². The van der Waals surface area contributed by atoms with Crippen LogP contribution in [0.4, 0.5) is 0 Å². The number of carbonyl (C=O) groups is 1. The van der Waals surface area contributed by atoms with Gasteiger partial charge in [0.25, 0.3) is 5.91 Å². The van der Waals surface area contributed by atoms with Crippen LogP contribution in [0.3, 0.4) is 0 Å². The Morgan fingerprint density at radius 3 is 2.59 bits per heavy atom. The zero-order chi connectivity index (χ0) is 15.7. The molecular formula is C14H17BrN2O4S. The average molecular weight is 389 g/mol. The molecule has 0 spiro atoms. The molecule has 1 heterocycles. The van der Waals surface area contributed by atoms with Gasteiger partial charge in [-0.2, -0.15) is 0 Å². The highest BCUT2D eigenvalue weighted by molar-refractivity contribution is 9.10. The van der Waals surface area contributed by atoms with E-state index >= 15 is 0 Å². The predicted molar refractivity (Wildman–Crippen MR) is 84.2 cm³/mol. The van der Waals surface area contributed by atoms with E-state index in [1.165, 1.54) is 12.1 Å². The van der Waals surface area contributed by atoms with Crippen molar-refractivity contribution in [2.75, 3.05) is 26.3 Å². The van der Waals surface area contributed by atoms with Crippen LogP contribution in [0.5, 0.6) is 0 Å². The van der Waals surface area contributed by atoms with E-state index in [-0.39, 0.29) is 16.8 Å². The van der Waals surface area contributed by atoms with E-state index in [1.807, 2.05) is 0 Å². The predicted octanol–water partition coefficient (Wildman–Crippen LogP) is 1.36. The number of sulfonamides is 1. The first-order valence-corrected chi connectivity index (χ1v) is 9.44. The molecule has 6 nitrogen and oxygen atoms in total. The number of hydrogen-bond acceptors (Lipinski definition) is 4. The minimum Gasteiger partial charge on any atom is -0.378 e. The van der Waals surface area contributed by atoms with Gasteiger partial charge in [-0.1, -0.05) is 0 Å². The Labute approximate surface area is 138 Å². The highest BCUT2D eigenvalue weighted by Gasteiger charge is 2.29. The zero-order valence-electron chi connectivity index (χ0n) is 11.9. The highest BCUT2D eigenvalue weighted by Crippen LogP contribution is 2.26. The summed E-state index contributed by atoms with van der Waals surface area (Å²) in [6.45, 7) is 2.04. The molecule has 0 aromatic heterocycles. The van der Waals surface area contributed by atoms with Crippen molar-refractivity contribution in [2.24, 2.45) is 0 Å². The summed E-state index contributed by atoms with van der Waals surface area (Å²) < 4.78 is 33.0. The van der Waals surface area contributed by atoms with Crippen LogP contribution in [0.2, 0.25) is 0 Å². The smallest absolute Gasteiger partial charge is 0.255 e. The van der Waals surface area contributed by atoms with Crippen LogP contribution >= 0.6 is 15.9 Å². The molecule has 1 saturated heterocycles. The monoisotopic (exact) mass is 388 g/mol. The second-order valence-corrected chi connectivity index (χ2v) is 8.01. The fourth-order valence-corrected chi connectivity index (χ4v) is 4.01. The molecule has 8 heteroatoms. The molecule has 120 valence electrons.